The first-order valence-electron chi connectivity index (χ1n) is 5.69. The third-order valence-electron chi connectivity index (χ3n) is 2.43. The number of rotatable bonds is 6. The van der Waals surface area contributed by atoms with E-state index in [0.717, 1.165) is 17.1 Å². The van der Waals surface area contributed by atoms with Crippen molar-refractivity contribution < 1.29 is 14.2 Å². The second-order valence-electron chi connectivity index (χ2n) is 4.02. The van der Waals surface area contributed by atoms with Gasteiger partial charge in [0, 0.05) is 12.1 Å². The molecule has 0 aromatic heterocycles. The molecule has 0 fully saturated rings. The van der Waals surface area contributed by atoms with Gasteiger partial charge in [0.05, 0.1) is 26.4 Å². The lowest BCUT2D eigenvalue weighted by atomic mass is 10.1. The standard InChI is InChI=1S/C13H21NO3/c1-9(2)17-13(8-14)11-7-10(15-3)5-6-12(11)16-4/h5-7,9,13H,8,14H2,1-4H3/t13-/m1/s1. The first-order valence-corrected chi connectivity index (χ1v) is 5.69. The van der Waals surface area contributed by atoms with E-state index in [2.05, 4.69) is 0 Å². The second-order valence-corrected chi connectivity index (χ2v) is 4.02. The third kappa shape index (κ3) is 3.61. The number of nitrogens with two attached hydrogens (primary N) is 1. The lowest BCUT2D eigenvalue weighted by molar-refractivity contribution is 0.0106. The summed E-state index contributed by atoms with van der Waals surface area (Å²) in [5, 5.41) is 0. The summed E-state index contributed by atoms with van der Waals surface area (Å²) in [4.78, 5) is 0. The molecule has 0 saturated carbocycles. The Morgan fingerprint density at radius 2 is 1.88 bits per heavy atom. The fourth-order valence-electron chi connectivity index (χ4n) is 1.68. The summed E-state index contributed by atoms with van der Waals surface area (Å²) in [6, 6.07) is 5.62. The van der Waals surface area contributed by atoms with Gasteiger partial charge in [-0.2, -0.15) is 0 Å². The topological polar surface area (TPSA) is 53.7 Å². The monoisotopic (exact) mass is 239 g/mol. The van der Waals surface area contributed by atoms with Gasteiger partial charge in [-0.15, -0.1) is 0 Å². The van der Waals surface area contributed by atoms with Crippen LogP contribution in [0.1, 0.15) is 25.5 Å². The predicted molar refractivity (Wildman–Crippen MR) is 67.6 cm³/mol. The van der Waals surface area contributed by atoms with Crippen LogP contribution in [-0.4, -0.2) is 26.9 Å². The zero-order valence-corrected chi connectivity index (χ0v) is 10.9. The molecule has 0 heterocycles. The molecule has 0 saturated heterocycles. The van der Waals surface area contributed by atoms with Gasteiger partial charge < -0.3 is 19.9 Å². The zero-order chi connectivity index (χ0) is 12.8. The molecule has 1 atom stereocenters. The van der Waals surface area contributed by atoms with Crippen LogP contribution in [0.4, 0.5) is 0 Å². The van der Waals surface area contributed by atoms with Gasteiger partial charge >= 0.3 is 0 Å². The maximum Gasteiger partial charge on any atom is 0.124 e. The van der Waals surface area contributed by atoms with Gasteiger partial charge in [0.25, 0.3) is 0 Å². The largest absolute Gasteiger partial charge is 0.497 e. The molecule has 0 aliphatic rings. The summed E-state index contributed by atoms with van der Waals surface area (Å²) in [6.07, 6.45) is -0.0699. The molecule has 1 aromatic rings. The van der Waals surface area contributed by atoms with Gasteiger partial charge in [0.1, 0.15) is 11.5 Å². The lowest BCUT2D eigenvalue weighted by Crippen LogP contribution is -2.20. The van der Waals surface area contributed by atoms with Gasteiger partial charge in [0.15, 0.2) is 0 Å². The predicted octanol–water partition coefficient (Wildman–Crippen LogP) is 2.13. The van der Waals surface area contributed by atoms with Crippen LogP contribution < -0.4 is 15.2 Å². The average molecular weight is 239 g/mol. The van der Waals surface area contributed by atoms with Crippen molar-refractivity contribution in [2.45, 2.75) is 26.1 Å². The first-order chi connectivity index (χ1) is 8.12. The molecule has 1 aromatic carbocycles. The summed E-state index contributed by atoms with van der Waals surface area (Å²) >= 11 is 0. The maximum atomic E-state index is 5.77. The van der Waals surface area contributed by atoms with E-state index in [1.807, 2.05) is 32.0 Å². The van der Waals surface area contributed by atoms with Gasteiger partial charge in [-0.25, -0.2) is 0 Å². The van der Waals surface area contributed by atoms with Crippen LogP contribution in [0.5, 0.6) is 11.5 Å². The summed E-state index contributed by atoms with van der Waals surface area (Å²) in [7, 11) is 3.26. The highest BCUT2D eigenvalue weighted by atomic mass is 16.5. The molecular weight excluding hydrogens is 218 g/mol. The highest BCUT2D eigenvalue weighted by Crippen LogP contribution is 2.31. The minimum atomic E-state index is -0.181. The van der Waals surface area contributed by atoms with E-state index in [-0.39, 0.29) is 12.2 Å². The maximum absolute atomic E-state index is 5.77. The minimum Gasteiger partial charge on any atom is -0.497 e. The zero-order valence-electron chi connectivity index (χ0n) is 10.9. The SMILES string of the molecule is COc1ccc(OC)c([C@@H](CN)OC(C)C)c1. The molecule has 0 radical (unpaired) electrons. The summed E-state index contributed by atoms with van der Waals surface area (Å²) < 4.78 is 16.3. The second kappa shape index (κ2) is 6.47. The molecular formula is C13H21NO3. The molecule has 0 amide bonds. The third-order valence-corrected chi connectivity index (χ3v) is 2.43. The Kier molecular flexibility index (Phi) is 5.25. The van der Waals surface area contributed by atoms with E-state index in [4.69, 9.17) is 19.9 Å². The van der Waals surface area contributed by atoms with E-state index in [9.17, 15) is 0 Å². The van der Waals surface area contributed by atoms with Crippen molar-refractivity contribution in [2.24, 2.45) is 5.73 Å². The van der Waals surface area contributed by atoms with Crippen LogP contribution in [-0.2, 0) is 4.74 Å². The number of hydrogen-bond acceptors (Lipinski definition) is 4. The molecule has 0 aliphatic heterocycles. The van der Waals surface area contributed by atoms with Crippen molar-refractivity contribution in [3.05, 3.63) is 23.8 Å². The molecule has 0 spiro atoms. The summed E-state index contributed by atoms with van der Waals surface area (Å²) in [5.41, 5.74) is 6.67. The summed E-state index contributed by atoms with van der Waals surface area (Å²) in [5.74, 6) is 1.54. The highest BCUT2D eigenvalue weighted by molar-refractivity contribution is 5.41. The van der Waals surface area contributed by atoms with Crippen molar-refractivity contribution in [3.8, 4) is 11.5 Å². The van der Waals surface area contributed by atoms with Crippen LogP contribution in [0, 0.1) is 0 Å². The van der Waals surface area contributed by atoms with Crippen LogP contribution in [0.25, 0.3) is 0 Å². The molecule has 0 aliphatic carbocycles. The molecule has 1 rings (SSSR count). The Bertz CT molecular complexity index is 353. The lowest BCUT2D eigenvalue weighted by Gasteiger charge is -2.21. The van der Waals surface area contributed by atoms with Gasteiger partial charge in [-0.1, -0.05) is 0 Å². The molecule has 0 bridgehead atoms. The van der Waals surface area contributed by atoms with Crippen LogP contribution in [0.3, 0.4) is 0 Å². The molecule has 2 N–H and O–H groups in total. The van der Waals surface area contributed by atoms with Crippen molar-refractivity contribution >= 4 is 0 Å². The Morgan fingerprint density at radius 3 is 2.35 bits per heavy atom. The van der Waals surface area contributed by atoms with E-state index < -0.39 is 0 Å². The van der Waals surface area contributed by atoms with Crippen molar-refractivity contribution in [1.29, 1.82) is 0 Å². The van der Waals surface area contributed by atoms with Crippen molar-refractivity contribution in [2.75, 3.05) is 20.8 Å². The van der Waals surface area contributed by atoms with E-state index in [1.54, 1.807) is 14.2 Å². The Morgan fingerprint density at radius 1 is 1.18 bits per heavy atom. The number of methoxy groups -OCH3 is 2. The van der Waals surface area contributed by atoms with Crippen LogP contribution in [0.2, 0.25) is 0 Å². The Balaban J connectivity index is 3.05. The van der Waals surface area contributed by atoms with Crippen LogP contribution in [0.15, 0.2) is 18.2 Å². The van der Waals surface area contributed by atoms with Crippen LogP contribution >= 0.6 is 0 Å². The smallest absolute Gasteiger partial charge is 0.124 e. The van der Waals surface area contributed by atoms with Gasteiger partial charge in [-0.3, -0.25) is 0 Å². The van der Waals surface area contributed by atoms with Crippen molar-refractivity contribution in [3.63, 3.8) is 0 Å². The molecule has 17 heavy (non-hydrogen) atoms. The summed E-state index contributed by atoms with van der Waals surface area (Å²) in [6.45, 7) is 4.37. The minimum absolute atomic E-state index is 0.111. The average Bonchev–Trinajstić information content (AvgIpc) is 2.34. The molecule has 0 unspecified atom stereocenters. The van der Waals surface area contributed by atoms with Crippen molar-refractivity contribution in [1.82, 2.24) is 0 Å². The van der Waals surface area contributed by atoms with Gasteiger partial charge in [-0.05, 0) is 32.0 Å². The Labute approximate surface area is 103 Å². The first kappa shape index (κ1) is 13.8. The van der Waals surface area contributed by atoms with E-state index in [0.29, 0.717) is 6.54 Å². The van der Waals surface area contributed by atoms with E-state index in [1.165, 1.54) is 0 Å². The fraction of sp³-hybridized carbons (Fsp3) is 0.538. The fourth-order valence-corrected chi connectivity index (χ4v) is 1.68. The quantitative estimate of drug-likeness (QED) is 0.826. The number of hydrogen-bond donors (Lipinski definition) is 1. The number of ether oxygens (including phenoxy) is 3. The van der Waals surface area contributed by atoms with Gasteiger partial charge in [0.2, 0.25) is 0 Å². The normalized spacial score (nSPS) is 12.6. The molecule has 96 valence electrons. The highest BCUT2D eigenvalue weighted by Gasteiger charge is 2.17. The van der Waals surface area contributed by atoms with E-state index >= 15 is 0 Å². The number of benzene rings is 1. The molecule has 4 heteroatoms. The Hall–Kier alpha value is -1.26. The molecule has 4 nitrogen and oxygen atoms in total.